The molecular weight excluding hydrogens is 338 g/mol. The summed E-state index contributed by atoms with van der Waals surface area (Å²) >= 11 is 0. The minimum Gasteiger partial charge on any atom is -0.480 e. The van der Waals surface area contributed by atoms with Gasteiger partial charge < -0.3 is 15.5 Å². The highest BCUT2D eigenvalue weighted by Crippen LogP contribution is 2.48. The van der Waals surface area contributed by atoms with E-state index in [1.54, 1.807) is 36.5 Å². The van der Waals surface area contributed by atoms with Gasteiger partial charge in [-0.15, -0.1) is 0 Å². The Hall–Kier alpha value is -2.48. The molecule has 0 bridgehead atoms. The molecule has 1 aliphatic rings. The van der Waals surface area contributed by atoms with Crippen molar-refractivity contribution < 1.29 is 24.6 Å². The summed E-state index contributed by atoms with van der Waals surface area (Å²) < 4.78 is 0. The molecule has 0 aromatic carbocycles. The summed E-state index contributed by atoms with van der Waals surface area (Å²) in [5, 5.41) is 21.2. The molecule has 3 atom stereocenters. The number of hydrogen-bond donors (Lipinski definition) is 3. The van der Waals surface area contributed by atoms with Gasteiger partial charge in [0.15, 0.2) is 0 Å². The van der Waals surface area contributed by atoms with Crippen molar-refractivity contribution in [3.05, 3.63) is 30.1 Å². The Labute approximate surface area is 152 Å². The van der Waals surface area contributed by atoms with E-state index in [0.29, 0.717) is 6.42 Å². The number of carboxylic acids is 2. The van der Waals surface area contributed by atoms with Crippen LogP contribution in [-0.2, 0) is 14.4 Å². The molecule has 1 aliphatic heterocycles. The highest BCUT2D eigenvalue weighted by molar-refractivity contribution is 5.87. The van der Waals surface area contributed by atoms with Gasteiger partial charge in [0.2, 0.25) is 5.91 Å². The molecular formula is C18H25N3O5. The van der Waals surface area contributed by atoms with Gasteiger partial charge in [-0.25, -0.2) is 0 Å². The fraction of sp³-hybridized carbons (Fsp3) is 0.556. The molecule has 1 fully saturated rings. The van der Waals surface area contributed by atoms with Crippen molar-refractivity contribution in [1.29, 1.82) is 0 Å². The lowest BCUT2D eigenvalue weighted by molar-refractivity contribution is -0.151. The molecule has 2 heterocycles. The largest absolute Gasteiger partial charge is 0.480 e. The Balaban J connectivity index is 2.44. The molecule has 0 aliphatic carbocycles. The van der Waals surface area contributed by atoms with Crippen LogP contribution < -0.4 is 5.32 Å². The Morgan fingerprint density at radius 3 is 2.58 bits per heavy atom. The summed E-state index contributed by atoms with van der Waals surface area (Å²) in [6.45, 7) is 3.38. The lowest BCUT2D eigenvalue weighted by Gasteiger charge is -2.36. The van der Waals surface area contributed by atoms with Crippen molar-refractivity contribution in [1.82, 2.24) is 15.2 Å². The van der Waals surface area contributed by atoms with Gasteiger partial charge in [-0.2, -0.15) is 0 Å². The van der Waals surface area contributed by atoms with Gasteiger partial charge in [0.05, 0.1) is 5.92 Å². The predicted octanol–water partition coefficient (Wildman–Crippen LogP) is 1.14. The molecule has 2 rings (SSSR count). The Kier molecular flexibility index (Phi) is 5.97. The number of aliphatic carboxylic acids is 2. The third-order valence-electron chi connectivity index (χ3n) is 4.95. The molecule has 8 heteroatoms. The zero-order chi connectivity index (χ0) is 19.5. The average Bonchev–Trinajstić information content (AvgIpc) is 2.87. The van der Waals surface area contributed by atoms with Crippen molar-refractivity contribution in [2.75, 3.05) is 13.6 Å². The van der Waals surface area contributed by atoms with Crippen LogP contribution in [0.2, 0.25) is 0 Å². The van der Waals surface area contributed by atoms with E-state index in [-0.39, 0.29) is 12.3 Å². The van der Waals surface area contributed by atoms with Gasteiger partial charge in [0.25, 0.3) is 0 Å². The highest BCUT2D eigenvalue weighted by Gasteiger charge is 2.57. The van der Waals surface area contributed by atoms with Crippen molar-refractivity contribution in [3.8, 4) is 0 Å². The minimum atomic E-state index is -1.19. The number of likely N-dealkylation sites (tertiary alicyclic amines) is 1. The topological polar surface area (TPSA) is 120 Å². The third kappa shape index (κ3) is 3.85. The number of carbonyl (C=O) groups is 3. The normalized spacial score (nSPS) is 26.0. The van der Waals surface area contributed by atoms with Crippen molar-refractivity contribution in [3.63, 3.8) is 0 Å². The number of aromatic nitrogens is 1. The molecule has 1 aromatic heterocycles. The lowest BCUT2D eigenvalue weighted by Crippen LogP contribution is -2.50. The van der Waals surface area contributed by atoms with E-state index < -0.39 is 41.9 Å². The van der Waals surface area contributed by atoms with Crippen LogP contribution in [0.15, 0.2) is 24.5 Å². The van der Waals surface area contributed by atoms with Crippen LogP contribution in [0.3, 0.4) is 0 Å². The van der Waals surface area contributed by atoms with Gasteiger partial charge in [-0.1, -0.05) is 19.9 Å². The maximum Gasteiger partial charge on any atom is 0.324 e. The van der Waals surface area contributed by atoms with Crippen molar-refractivity contribution >= 4 is 17.8 Å². The highest BCUT2D eigenvalue weighted by atomic mass is 16.4. The third-order valence-corrected chi connectivity index (χ3v) is 4.95. The molecule has 0 unspecified atom stereocenters. The molecule has 142 valence electrons. The number of carbonyl (C=O) groups excluding carboxylic acids is 1. The zero-order valence-corrected chi connectivity index (χ0v) is 15.2. The number of nitrogens with one attached hydrogen (secondary N) is 1. The first-order chi connectivity index (χ1) is 12.2. The lowest BCUT2D eigenvalue weighted by atomic mass is 9.83. The standard InChI is InChI=1S/C18H25N3O5/c1-11(2)7-18(17(25)26)8-13(16(24)20-10-14(22)23)15(21(18)3)12-5-4-6-19-9-12/h4-6,9,11,13,15H,7-8,10H2,1-3H3,(H,20,24)(H,22,23)(H,25,26)/t13-,15-,18-/m0/s1. The molecule has 0 spiro atoms. The molecule has 3 N–H and O–H groups in total. The summed E-state index contributed by atoms with van der Waals surface area (Å²) in [6, 6.07) is 3.05. The number of pyridine rings is 1. The molecule has 1 amide bonds. The second kappa shape index (κ2) is 7.82. The second-order valence-corrected chi connectivity index (χ2v) is 7.20. The van der Waals surface area contributed by atoms with E-state index in [9.17, 15) is 19.5 Å². The molecule has 1 saturated heterocycles. The van der Waals surface area contributed by atoms with E-state index in [4.69, 9.17) is 5.11 Å². The smallest absolute Gasteiger partial charge is 0.324 e. The molecule has 26 heavy (non-hydrogen) atoms. The van der Waals surface area contributed by atoms with Crippen LogP contribution in [0.25, 0.3) is 0 Å². The molecule has 1 aromatic rings. The van der Waals surface area contributed by atoms with Crippen LogP contribution in [0.4, 0.5) is 0 Å². The van der Waals surface area contributed by atoms with Gasteiger partial charge in [-0.3, -0.25) is 24.3 Å². The van der Waals surface area contributed by atoms with E-state index >= 15 is 0 Å². The first-order valence-electron chi connectivity index (χ1n) is 8.55. The molecule has 0 radical (unpaired) electrons. The number of rotatable bonds is 7. The number of amides is 1. The fourth-order valence-electron chi connectivity index (χ4n) is 3.92. The average molecular weight is 363 g/mol. The SMILES string of the molecule is CC(C)C[C@@]1(C(=O)O)C[C@H](C(=O)NCC(=O)O)[C@H](c2cccnc2)N1C. The van der Waals surface area contributed by atoms with Crippen LogP contribution in [0.1, 0.15) is 38.3 Å². The quantitative estimate of drug-likeness (QED) is 0.664. The van der Waals surface area contributed by atoms with E-state index in [1.165, 1.54) is 0 Å². The maximum atomic E-state index is 12.7. The van der Waals surface area contributed by atoms with Crippen LogP contribution >= 0.6 is 0 Å². The van der Waals surface area contributed by atoms with Gasteiger partial charge in [0.1, 0.15) is 12.1 Å². The van der Waals surface area contributed by atoms with Crippen LogP contribution in [0.5, 0.6) is 0 Å². The summed E-state index contributed by atoms with van der Waals surface area (Å²) in [6.07, 6.45) is 3.73. The Morgan fingerprint density at radius 2 is 2.08 bits per heavy atom. The fourth-order valence-corrected chi connectivity index (χ4v) is 3.92. The Bertz CT molecular complexity index is 679. The first-order valence-corrected chi connectivity index (χ1v) is 8.55. The van der Waals surface area contributed by atoms with E-state index in [2.05, 4.69) is 10.3 Å². The molecule has 8 nitrogen and oxygen atoms in total. The number of hydrogen-bond acceptors (Lipinski definition) is 5. The number of carboxylic acid groups (broad SMARTS) is 2. The second-order valence-electron chi connectivity index (χ2n) is 7.20. The van der Waals surface area contributed by atoms with Gasteiger partial charge in [0, 0.05) is 18.4 Å². The van der Waals surface area contributed by atoms with Gasteiger partial charge >= 0.3 is 11.9 Å². The predicted molar refractivity (Wildman–Crippen MR) is 93.3 cm³/mol. The van der Waals surface area contributed by atoms with E-state index in [1.807, 2.05) is 13.8 Å². The zero-order valence-electron chi connectivity index (χ0n) is 15.2. The molecule has 0 saturated carbocycles. The summed E-state index contributed by atoms with van der Waals surface area (Å²) in [4.78, 5) is 41.5. The number of likely N-dealkylation sites (N-methyl/N-ethyl adjacent to an activating group) is 1. The Morgan fingerprint density at radius 1 is 1.38 bits per heavy atom. The van der Waals surface area contributed by atoms with E-state index in [0.717, 1.165) is 5.56 Å². The summed E-state index contributed by atoms with van der Waals surface area (Å²) in [5.41, 5.74) is -0.461. The maximum absolute atomic E-state index is 12.7. The monoisotopic (exact) mass is 363 g/mol. The van der Waals surface area contributed by atoms with Crippen molar-refractivity contribution in [2.24, 2.45) is 11.8 Å². The van der Waals surface area contributed by atoms with Crippen LogP contribution in [-0.4, -0.2) is 57.1 Å². The number of nitrogens with zero attached hydrogens (tertiary/aromatic N) is 2. The minimum absolute atomic E-state index is 0.113. The van der Waals surface area contributed by atoms with Crippen LogP contribution in [0, 0.1) is 11.8 Å². The van der Waals surface area contributed by atoms with Crippen molar-refractivity contribution in [2.45, 2.75) is 38.3 Å². The summed E-state index contributed by atoms with van der Waals surface area (Å²) in [7, 11) is 1.71. The summed E-state index contributed by atoms with van der Waals surface area (Å²) in [5.74, 6) is -3.15. The van der Waals surface area contributed by atoms with Gasteiger partial charge in [-0.05, 0) is 37.4 Å². The first kappa shape index (κ1) is 19.8.